The Labute approximate surface area is 148 Å². The molecular formula is C19H24N4O2. The first kappa shape index (κ1) is 18.7. The van der Waals surface area contributed by atoms with Crippen LogP contribution in [0.2, 0.25) is 0 Å². The molecule has 0 aliphatic rings. The van der Waals surface area contributed by atoms with Crippen molar-refractivity contribution in [3.63, 3.8) is 0 Å². The van der Waals surface area contributed by atoms with Gasteiger partial charge in [-0.25, -0.2) is 9.67 Å². The highest BCUT2D eigenvalue weighted by Gasteiger charge is 2.18. The van der Waals surface area contributed by atoms with E-state index in [1.807, 2.05) is 13.8 Å². The fourth-order valence-corrected chi connectivity index (χ4v) is 2.31. The van der Waals surface area contributed by atoms with Crippen LogP contribution in [0.25, 0.3) is 0 Å². The van der Waals surface area contributed by atoms with Crippen molar-refractivity contribution in [2.45, 2.75) is 52.3 Å². The van der Waals surface area contributed by atoms with Gasteiger partial charge in [0.15, 0.2) is 0 Å². The van der Waals surface area contributed by atoms with Crippen molar-refractivity contribution in [3.8, 4) is 11.8 Å². The van der Waals surface area contributed by atoms with Crippen molar-refractivity contribution in [2.75, 3.05) is 0 Å². The standard InChI is InChI=1S/C19H24N4O2/c1-5-16(17-20-13-21-23(17)6-2)22-18(24)15-9-7-14(8-10-15)11-12-19(3,4)25/h7-10,13,16,25H,5-6H2,1-4H3,(H,22,24)/t16-/m0/s1. The Hall–Kier alpha value is -2.65. The number of benzene rings is 1. The second-order valence-electron chi connectivity index (χ2n) is 6.25. The molecule has 2 rings (SSSR count). The van der Waals surface area contributed by atoms with Crippen molar-refractivity contribution in [1.82, 2.24) is 20.1 Å². The average Bonchev–Trinajstić information content (AvgIpc) is 3.06. The van der Waals surface area contributed by atoms with Crippen LogP contribution in [0.1, 0.15) is 61.9 Å². The van der Waals surface area contributed by atoms with Gasteiger partial charge in [0.05, 0.1) is 6.04 Å². The van der Waals surface area contributed by atoms with Gasteiger partial charge in [-0.05, 0) is 51.5 Å². The Morgan fingerprint density at radius 3 is 2.56 bits per heavy atom. The zero-order valence-electron chi connectivity index (χ0n) is 15.1. The molecule has 1 aromatic carbocycles. The molecule has 1 amide bonds. The summed E-state index contributed by atoms with van der Waals surface area (Å²) >= 11 is 0. The van der Waals surface area contributed by atoms with Gasteiger partial charge in [-0.1, -0.05) is 18.8 Å². The molecule has 6 heteroatoms. The van der Waals surface area contributed by atoms with Crippen LogP contribution in [0.15, 0.2) is 30.6 Å². The highest BCUT2D eigenvalue weighted by atomic mass is 16.3. The summed E-state index contributed by atoms with van der Waals surface area (Å²) in [4.78, 5) is 16.8. The van der Waals surface area contributed by atoms with E-state index in [1.165, 1.54) is 6.33 Å². The van der Waals surface area contributed by atoms with E-state index < -0.39 is 5.60 Å². The number of aromatic nitrogens is 3. The van der Waals surface area contributed by atoms with Crippen LogP contribution >= 0.6 is 0 Å². The number of rotatable bonds is 5. The lowest BCUT2D eigenvalue weighted by atomic mass is 10.1. The fraction of sp³-hybridized carbons (Fsp3) is 0.421. The van der Waals surface area contributed by atoms with Crippen LogP contribution < -0.4 is 5.32 Å². The summed E-state index contributed by atoms with van der Waals surface area (Å²) in [5.41, 5.74) is 0.255. The molecule has 0 saturated heterocycles. The summed E-state index contributed by atoms with van der Waals surface area (Å²) in [5.74, 6) is 6.22. The summed E-state index contributed by atoms with van der Waals surface area (Å²) in [6, 6.07) is 6.79. The van der Waals surface area contributed by atoms with E-state index >= 15 is 0 Å². The number of hydrogen-bond acceptors (Lipinski definition) is 4. The minimum atomic E-state index is -1.04. The Morgan fingerprint density at radius 2 is 2.00 bits per heavy atom. The van der Waals surface area contributed by atoms with E-state index in [1.54, 1.807) is 42.8 Å². The Kier molecular flexibility index (Phi) is 5.94. The second-order valence-corrected chi connectivity index (χ2v) is 6.25. The lowest BCUT2D eigenvalue weighted by molar-refractivity contribution is 0.0932. The minimum Gasteiger partial charge on any atom is -0.378 e. The first-order chi connectivity index (χ1) is 11.8. The van der Waals surface area contributed by atoms with E-state index in [-0.39, 0.29) is 11.9 Å². The normalized spacial score (nSPS) is 12.2. The first-order valence-corrected chi connectivity index (χ1v) is 8.38. The topological polar surface area (TPSA) is 80.0 Å². The number of hydrogen-bond donors (Lipinski definition) is 2. The molecule has 0 saturated carbocycles. The van der Waals surface area contributed by atoms with Crippen molar-refractivity contribution >= 4 is 5.91 Å². The zero-order chi connectivity index (χ0) is 18.4. The highest BCUT2D eigenvalue weighted by molar-refractivity contribution is 5.94. The van der Waals surface area contributed by atoms with Gasteiger partial charge in [-0.3, -0.25) is 4.79 Å². The Balaban J connectivity index is 2.10. The Bertz CT molecular complexity index is 776. The summed E-state index contributed by atoms with van der Waals surface area (Å²) in [6.45, 7) is 7.94. The number of nitrogens with zero attached hydrogens (tertiary/aromatic N) is 3. The van der Waals surface area contributed by atoms with Gasteiger partial charge >= 0.3 is 0 Å². The van der Waals surface area contributed by atoms with E-state index in [0.717, 1.165) is 17.8 Å². The van der Waals surface area contributed by atoms with E-state index in [2.05, 4.69) is 27.2 Å². The maximum atomic E-state index is 12.5. The van der Waals surface area contributed by atoms with Crippen LogP contribution in [0, 0.1) is 11.8 Å². The molecule has 1 heterocycles. The third-order valence-electron chi connectivity index (χ3n) is 3.63. The lowest BCUT2D eigenvalue weighted by Crippen LogP contribution is -2.30. The molecule has 2 N–H and O–H groups in total. The molecule has 132 valence electrons. The number of nitrogens with one attached hydrogen (secondary N) is 1. The second kappa shape index (κ2) is 7.95. The van der Waals surface area contributed by atoms with Gasteiger partial charge in [0, 0.05) is 17.7 Å². The number of carbonyl (C=O) groups is 1. The van der Waals surface area contributed by atoms with E-state index in [0.29, 0.717) is 12.1 Å². The lowest BCUT2D eigenvalue weighted by Gasteiger charge is -2.17. The number of carbonyl (C=O) groups excluding carboxylic acids is 1. The molecule has 0 fully saturated rings. The van der Waals surface area contributed by atoms with E-state index in [9.17, 15) is 9.90 Å². The smallest absolute Gasteiger partial charge is 0.251 e. The monoisotopic (exact) mass is 340 g/mol. The van der Waals surface area contributed by atoms with Crippen LogP contribution in [0.4, 0.5) is 0 Å². The van der Waals surface area contributed by atoms with Crippen LogP contribution in [0.3, 0.4) is 0 Å². The van der Waals surface area contributed by atoms with E-state index in [4.69, 9.17) is 0 Å². The molecule has 0 aliphatic carbocycles. The quantitative estimate of drug-likeness (QED) is 0.819. The van der Waals surface area contributed by atoms with Gasteiger partial charge in [-0.15, -0.1) is 0 Å². The fourth-order valence-electron chi connectivity index (χ4n) is 2.31. The molecule has 2 aromatic rings. The van der Waals surface area contributed by atoms with Crippen molar-refractivity contribution in [3.05, 3.63) is 47.5 Å². The predicted molar refractivity (Wildman–Crippen MR) is 95.8 cm³/mol. The first-order valence-electron chi connectivity index (χ1n) is 8.38. The molecule has 25 heavy (non-hydrogen) atoms. The summed E-state index contributed by atoms with van der Waals surface area (Å²) in [7, 11) is 0. The molecule has 0 bridgehead atoms. The van der Waals surface area contributed by atoms with Crippen molar-refractivity contribution in [1.29, 1.82) is 0 Å². The molecule has 0 aliphatic heterocycles. The average molecular weight is 340 g/mol. The van der Waals surface area contributed by atoms with Gasteiger partial charge in [0.1, 0.15) is 17.8 Å². The SMILES string of the molecule is CC[C@H](NC(=O)c1ccc(C#CC(C)(C)O)cc1)c1ncnn1CC. The number of amides is 1. The van der Waals surface area contributed by atoms with Crippen molar-refractivity contribution in [2.24, 2.45) is 0 Å². The van der Waals surface area contributed by atoms with Crippen molar-refractivity contribution < 1.29 is 9.90 Å². The molecule has 6 nitrogen and oxygen atoms in total. The molecule has 1 aromatic heterocycles. The zero-order valence-corrected chi connectivity index (χ0v) is 15.1. The van der Waals surface area contributed by atoms with Crippen LogP contribution in [-0.2, 0) is 6.54 Å². The summed E-state index contributed by atoms with van der Waals surface area (Å²) in [5, 5.41) is 16.8. The summed E-state index contributed by atoms with van der Waals surface area (Å²) < 4.78 is 1.78. The third kappa shape index (κ3) is 5.16. The molecular weight excluding hydrogens is 316 g/mol. The maximum absolute atomic E-state index is 12.5. The number of aliphatic hydroxyl groups is 1. The van der Waals surface area contributed by atoms with Gasteiger partial charge in [0.2, 0.25) is 0 Å². The minimum absolute atomic E-state index is 0.167. The van der Waals surface area contributed by atoms with Gasteiger partial charge < -0.3 is 10.4 Å². The Morgan fingerprint density at radius 1 is 1.32 bits per heavy atom. The molecule has 1 atom stereocenters. The predicted octanol–water partition coefficient (Wildman–Crippen LogP) is 2.30. The third-order valence-corrected chi connectivity index (χ3v) is 3.63. The van der Waals surface area contributed by atoms with Crippen LogP contribution in [-0.4, -0.2) is 31.4 Å². The maximum Gasteiger partial charge on any atom is 0.251 e. The largest absolute Gasteiger partial charge is 0.378 e. The highest BCUT2D eigenvalue weighted by Crippen LogP contribution is 2.15. The molecule has 0 spiro atoms. The van der Waals surface area contributed by atoms with Gasteiger partial charge in [-0.2, -0.15) is 5.10 Å². The molecule has 0 radical (unpaired) electrons. The van der Waals surface area contributed by atoms with Gasteiger partial charge in [0.25, 0.3) is 5.91 Å². The molecule has 0 unspecified atom stereocenters. The number of aryl methyl sites for hydroxylation is 1. The van der Waals surface area contributed by atoms with Crippen LogP contribution in [0.5, 0.6) is 0 Å². The summed E-state index contributed by atoms with van der Waals surface area (Å²) in [6.07, 6.45) is 2.23.